The molecule has 0 fully saturated rings. The Balaban J connectivity index is 2.16. The lowest BCUT2D eigenvalue weighted by atomic mass is 10.0. The van der Waals surface area contributed by atoms with Gasteiger partial charge in [-0.2, -0.15) is 10.5 Å². The molecule has 0 radical (unpaired) electrons. The lowest BCUT2D eigenvalue weighted by Gasteiger charge is -2.17. The number of nitriles is 2. The van der Waals surface area contributed by atoms with Gasteiger partial charge in [0.2, 0.25) is 0 Å². The summed E-state index contributed by atoms with van der Waals surface area (Å²) in [6, 6.07) is 16.0. The van der Waals surface area contributed by atoms with E-state index in [0.29, 0.717) is 16.7 Å². The first-order valence-corrected chi connectivity index (χ1v) is 7.45. The van der Waals surface area contributed by atoms with Crippen molar-refractivity contribution in [2.75, 3.05) is 7.11 Å². The summed E-state index contributed by atoms with van der Waals surface area (Å²) in [7, 11) is 1.24. The van der Waals surface area contributed by atoms with E-state index >= 15 is 0 Å². The highest BCUT2D eigenvalue weighted by Crippen LogP contribution is 2.10. The lowest BCUT2D eigenvalue weighted by molar-refractivity contribution is -0.142. The van der Waals surface area contributed by atoms with Crippen molar-refractivity contribution in [3.8, 4) is 12.1 Å². The number of ether oxygens (including phenoxy) is 1. The van der Waals surface area contributed by atoms with Crippen molar-refractivity contribution in [3.63, 3.8) is 0 Å². The van der Waals surface area contributed by atoms with Gasteiger partial charge in [-0.1, -0.05) is 12.1 Å². The molecular formula is C19H15N3O3. The molecule has 0 bridgehead atoms. The minimum Gasteiger partial charge on any atom is -0.467 e. The van der Waals surface area contributed by atoms with E-state index in [1.807, 2.05) is 12.1 Å². The average Bonchev–Trinajstić information content (AvgIpc) is 2.66. The molecule has 0 heterocycles. The minimum atomic E-state index is -0.887. The predicted molar refractivity (Wildman–Crippen MR) is 89.3 cm³/mol. The van der Waals surface area contributed by atoms with Crippen molar-refractivity contribution in [2.45, 2.75) is 12.5 Å². The Morgan fingerprint density at radius 1 is 1.08 bits per heavy atom. The number of hydrogen-bond acceptors (Lipinski definition) is 5. The molecule has 2 rings (SSSR count). The summed E-state index contributed by atoms with van der Waals surface area (Å²) in [6.07, 6.45) is 0.199. The van der Waals surface area contributed by atoms with E-state index in [4.69, 9.17) is 15.3 Å². The number of carbonyl (C=O) groups is 2. The molecule has 0 aliphatic rings. The molecule has 1 amide bonds. The molecule has 1 atom stereocenters. The molecule has 0 aliphatic heterocycles. The predicted octanol–water partition coefficient (Wildman–Crippen LogP) is 1.94. The third-order valence-corrected chi connectivity index (χ3v) is 3.56. The van der Waals surface area contributed by atoms with Gasteiger partial charge in [-0.05, 0) is 42.0 Å². The Morgan fingerprint density at radius 2 is 1.76 bits per heavy atom. The van der Waals surface area contributed by atoms with Crippen molar-refractivity contribution in [2.24, 2.45) is 0 Å². The van der Waals surface area contributed by atoms with Gasteiger partial charge in [0.25, 0.3) is 5.91 Å². The molecule has 124 valence electrons. The van der Waals surface area contributed by atoms with Crippen LogP contribution in [0, 0.1) is 22.7 Å². The molecule has 2 aromatic rings. The zero-order chi connectivity index (χ0) is 18.2. The summed E-state index contributed by atoms with van der Waals surface area (Å²) >= 11 is 0. The summed E-state index contributed by atoms with van der Waals surface area (Å²) in [6.45, 7) is 0. The molecule has 0 spiro atoms. The standard InChI is InChI=1S/C19H15N3O3/c1-25-19(24)17(10-14-3-2-4-15(9-14)12-21)22-18(23)16-7-5-13(11-20)6-8-16/h2-9,17H,10H2,1H3,(H,22,23)/t17-/m1/s1. The monoisotopic (exact) mass is 333 g/mol. The van der Waals surface area contributed by atoms with Crippen LogP contribution in [0.3, 0.4) is 0 Å². The zero-order valence-electron chi connectivity index (χ0n) is 13.5. The summed E-state index contributed by atoms with van der Waals surface area (Å²) in [5, 5.41) is 20.4. The van der Waals surface area contributed by atoms with Crippen molar-refractivity contribution >= 4 is 11.9 Å². The number of amides is 1. The average molecular weight is 333 g/mol. The first-order valence-electron chi connectivity index (χ1n) is 7.45. The molecule has 0 unspecified atom stereocenters. The van der Waals surface area contributed by atoms with Gasteiger partial charge >= 0.3 is 5.97 Å². The van der Waals surface area contributed by atoms with Crippen molar-refractivity contribution < 1.29 is 14.3 Å². The van der Waals surface area contributed by atoms with Gasteiger partial charge in [-0.15, -0.1) is 0 Å². The van der Waals surface area contributed by atoms with E-state index in [0.717, 1.165) is 5.56 Å². The minimum absolute atomic E-state index is 0.199. The number of nitrogens with zero attached hydrogens (tertiary/aromatic N) is 2. The van der Waals surface area contributed by atoms with E-state index in [1.54, 1.807) is 24.3 Å². The molecule has 2 aromatic carbocycles. The van der Waals surface area contributed by atoms with Crippen LogP contribution in [-0.4, -0.2) is 25.0 Å². The molecule has 0 saturated heterocycles. The number of carbonyl (C=O) groups excluding carboxylic acids is 2. The van der Waals surface area contributed by atoms with E-state index in [9.17, 15) is 9.59 Å². The quantitative estimate of drug-likeness (QED) is 0.842. The first-order chi connectivity index (χ1) is 12.1. The number of hydrogen-bond donors (Lipinski definition) is 1. The maximum Gasteiger partial charge on any atom is 0.328 e. The summed E-state index contributed by atoms with van der Waals surface area (Å²) in [5.74, 6) is -1.03. The van der Waals surface area contributed by atoms with Crippen LogP contribution < -0.4 is 5.32 Å². The zero-order valence-corrected chi connectivity index (χ0v) is 13.5. The fraction of sp³-hybridized carbons (Fsp3) is 0.158. The summed E-state index contributed by atoms with van der Waals surface area (Å²) in [4.78, 5) is 24.3. The van der Waals surface area contributed by atoms with E-state index in [2.05, 4.69) is 5.32 Å². The maximum absolute atomic E-state index is 12.3. The molecule has 6 nitrogen and oxygen atoms in total. The lowest BCUT2D eigenvalue weighted by Crippen LogP contribution is -2.43. The highest BCUT2D eigenvalue weighted by atomic mass is 16.5. The smallest absolute Gasteiger partial charge is 0.328 e. The Hall–Kier alpha value is -3.64. The van der Waals surface area contributed by atoms with Gasteiger partial charge in [0.1, 0.15) is 6.04 Å². The van der Waals surface area contributed by atoms with Crippen LogP contribution in [0.5, 0.6) is 0 Å². The van der Waals surface area contributed by atoms with E-state index in [-0.39, 0.29) is 6.42 Å². The Labute approximate surface area is 145 Å². The van der Waals surface area contributed by atoms with Crippen LogP contribution in [0.25, 0.3) is 0 Å². The molecular weight excluding hydrogens is 318 g/mol. The van der Waals surface area contributed by atoms with Gasteiger partial charge in [0.15, 0.2) is 0 Å². The second-order valence-corrected chi connectivity index (χ2v) is 5.25. The summed E-state index contributed by atoms with van der Waals surface area (Å²) in [5.41, 5.74) is 1.97. The maximum atomic E-state index is 12.3. The Bertz CT molecular complexity index is 861. The summed E-state index contributed by atoms with van der Waals surface area (Å²) < 4.78 is 4.75. The normalized spacial score (nSPS) is 10.8. The molecule has 0 aromatic heterocycles. The van der Waals surface area contributed by atoms with Crippen molar-refractivity contribution in [1.29, 1.82) is 10.5 Å². The number of methoxy groups -OCH3 is 1. The van der Waals surface area contributed by atoms with Crippen LogP contribution in [0.15, 0.2) is 48.5 Å². The van der Waals surface area contributed by atoms with Crippen LogP contribution in [0.2, 0.25) is 0 Å². The van der Waals surface area contributed by atoms with Crippen molar-refractivity contribution in [3.05, 3.63) is 70.8 Å². The van der Waals surface area contributed by atoms with Crippen LogP contribution in [0.4, 0.5) is 0 Å². The Kier molecular flexibility index (Phi) is 5.86. The molecule has 1 N–H and O–H groups in total. The third kappa shape index (κ3) is 4.66. The number of rotatable bonds is 5. The second kappa shape index (κ2) is 8.28. The van der Waals surface area contributed by atoms with Gasteiger partial charge < -0.3 is 10.1 Å². The molecule has 0 aliphatic carbocycles. The van der Waals surface area contributed by atoms with Crippen LogP contribution in [0.1, 0.15) is 27.0 Å². The van der Waals surface area contributed by atoms with Gasteiger partial charge in [-0.25, -0.2) is 4.79 Å². The molecule has 6 heteroatoms. The number of nitrogens with one attached hydrogen (secondary N) is 1. The Morgan fingerprint density at radius 3 is 2.36 bits per heavy atom. The molecule has 0 saturated carbocycles. The first kappa shape index (κ1) is 17.7. The molecule has 25 heavy (non-hydrogen) atoms. The highest BCUT2D eigenvalue weighted by molar-refractivity contribution is 5.96. The van der Waals surface area contributed by atoms with E-state index < -0.39 is 17.9 Å². The van der Waals surface area contributed by atoms with Gasteiger partial charge in [0.05, 0.1) is 30.4 Å². The SMILES string of the molecule is COC(=O)[C@@H](Cc1cccc(C#N)c1)NC(=O)c1ccc(C#N)cc1. The fourth-order valence-electron chi connectivity index (χ4n) is 2.28. The van der Waals surface area contributed by atoms with Crippen molar-refractivity contribution in [1.82, 2.24) is 5.32 Å². The number of benzene rings is 2. The second-order valence-electron chi connectivity index (χ2n) is 5.25. The highest BCUT2D eigenvalue weighted by Gasteiger charge is 2.22. The van der Waals surface area contributed by atoms with Crippen LogP contribution >= 0.6 is 0 Å². The topological polar surface area (TPSA) is 103 Å². The third-order valence-electron chi connectivity index (χ3n) is 3.56. The van der Waals surface area contributed by atoms with E-state index in [1.165, 1.54) is 31.4 Å². The fourth-order valence-corrected chi connectivity index (χ4v) is 2.28. The van der Waals surface area contributed by atoms with Gasteiger partial charge in [0, 0.05) is 12.0 Å². The van der Waals surface area contributed by atoms with Crippen LogP contribution in [-0.2, 0) is 16.0 Å². The number of esters is 1. The largest absolute Gasteiger partial charge is 0.467 e. The van der Waals surface area contributed by atoms with Gasteiger partial charge in [-0.3, -0.25) is 4.79 Å².